The summed E-state index contributed by atoms with van der Waals surface area (Å²) in [6.07, 6.45) is 0.493. The van der Waals surface area contributed by atoms with Gasteiger partial charge in [-0.15, -0.1) is 0 Å². The van der Waals surface area contributed by atoms with Crippen LogP contribution < -0.4 is 5.73 Å². The van der Waals surface area contributed by atoms with E-state index in [9.17, 15) is 13.2 Å². The molecule has 0 radical (unpaired) electrons. The zero-order chi connectivity index (χ0) is 15.2. The summed E-state index contributed by atoms with van der Waals surface area (Å²) in [4.78, 5) is 17.0. The number of nitrogens with zero attached hydrogens (tertiary/aromatic N) is 1. The van der Waals surface area contributed by atoms with Crippen molar-refractivity contribution in [1.29, 1.82) is 0 Å². The Kier molecular flexibility index (Phi) is 3.16. The quantitative estimate of drug-likeness (QED) is 0.809. The second-order valence-corrected chi connectivity index (χ2v) is 7.70. The maximum absolute atomic E-state index is 12.5. The topological polar surface area (TPSA) is 96.3 Å². The molecule has 1 atom stereocenters. The molecule has 6 nitrogen and oxygen atoms in total. The van der Waals surface area contributed by atoms with E-state index in [1.165, 1.54) is 4.90 Å². The van der Waals surface area contributed by atoms with Crippen LogP contribution in [0.25, 0.3) is 10.9 Å². The molecule has 0 spiro atoms. The number of carbonyl (C=O) groups is 1. The molecule has 1 aromatic carbocycles. The van der Waals surface area contributed by atoms with Crippen molar-refractivity contribution in [2.24, 2.45) is 0 Å². The third-order valence-electron chi connectivity index (χ3n) is 4.00. The zero-order valence-corrected chi connectivity index (χ0v) is 12.5. The molecule has 3 rings (SSSR count). The zero-order valence-electron chi connectivity index (χ0n) is 11.7. The van der Waals surface area contributed by atoms with E-state index in [4.69, 9.17) is 5.73 Å². The summed E-state index contributed by atoms with van der Waals surface area (Å²) in [6.45, 7) is 0. The molecule has 2 aromatic rings. The van der Waals surface area contributed by atoms with Crippen LogP contribution in [0.2, 0.25) is 0 Å². The summed E-state index contributed by atoms with van der Waals surface area (Å²) in [5.74, 6) is -0.0280. The highest BCUT2D eigenvalue weighted by Gasteiger charge is 2.33. The van der Waals surface area contributed by atoms with Crippen LogP contribution in [-0.2, 0) is 9.84 Å². The molecule has 1 aliphatic rings. The highest BCUT2D eigenvalue weighted by molar-refractivity contribution is 7.91. The molecule has 112 valence electrons. The van der Waals surface area contributed by atoms with Crippen LogP contribution in [0.4, 0.5) is 5.69 Å². The molecule has 1 fully saturated rings. The SMILES string of the molecule is CN(C(=O)c1cc2cccc(N)c2[nH]1)C1CCS(=O)(=O)C1. The maximum atomic E-state index is 12.5. The maximum Gasteiger partial charge on any atom is 0.270 e. The first-order valence-electron chi connectivity index (χ1n) is 6.72. The van der Waals surface area contributed by atoms with E-state index in [2.05, 4.69) is 4.98 Å². The minimum atomic E-state index is -3.01. The highest BCUT2D eigenvalue weighted by atomic mass is 32.2. The number of sulfone groups is 1. The molecule has 1 unspecified atom stereocenters. The van der Waals surface area contributed by atoms with Crippen LogP contribution >= 0.6 is 0 Å². The van der Waals surface area contributed by atoms with Crippen molar-refractivity contribution in [1.82, 2.24) is 9.88 Å². The normalized spacial score (nSPS) is 20.7. The average molecular weight is 307 g/mol. The Labute approximate surface area is 122 Å². The average Bonchev–Trinajstić information content (AvgIpc) is 3.01. The van der Waals surface area contributed by atoms with E-state index in [1.54, 1.807) is 19.2 Å². The van der Waals surface area contributed by atoms with Crippen molar-refractivity contribution in [3.8, 4) is 0 Å². The number of rotatable bonds is 2. The van der Waals surface area contributed by atoms with Crippen LogP contribution in [0.3, 0.4) is 0 Å². The van der Waals surface area contributed by atoms with Gasteiger partial charge in [-0.05, 0) is 18.6 Å². The van der Waals surface area contributed by atoms with Crippen molar-refractivity contribution < 1.29 is 13.2 Å². The number of aromatic amines is 1. The molecule has 0 bridgehead atoms. The number of hydrogen-bond donors (Lipinski definition) is 2. The van der Waals surface area contributed by atoms with Gasteiger partial charge >= 0.3 is 0 Å². The summed E-state index contributed by atoms with van der Waals surface area (Å²) >= 11 is 0. The Morgan fingerprint density at radius 2 is 2.19 bits per heavy atom. The molecular weight excluding hydrogens is 290 g/mol. The van der Waals surface area contributed by atoms with Crippen LogP contribution in [0.1, 0.15) is 16.9 Å². The second kappa shape index (κ2) is 4.77. The van der Waals surface area contributed by atoms with Gasteiger partial charge in [-0.3, -0.25) is 4.79 Å². The molecule has 1 amide bonds. The van der Waals surface area contributed by atoms with E-state index in [-0.39, 0.29) is 23.5 Å². The minimum Gasteiger partial charge on any atom is -0.397 e. The van der Waals surface area contributed by atoms with Crippen molar-refractivity contribution in [2.45, 2.75) is 12.5 Å². The first-order valence-corrected chi connectivity index (χ1v) is 8.54. The van der Waals surface area contributed by atoms with Crippen LogP contribution in [0, 0.1) is 0 Å². The predicted octanol–water partition coefficient (Wildman–Crippen LogP) is 1.01. The lowest BCUT2D eigenvalue weighted by molar-refractivity contribution is 0.0743. The first-order chi connectivity index (χ1) is 9.87. The minimum absolute atomic E-state index is 0.0393. The summed E-state index contributed by atoms with van der Waals surface area (Å²) in [6, 6.07) is 6.95. The molecule has 2 heterocycles. The molecular formula is C14H17N3O3S. The van der Waals surface area contributed by atoms with Gasteiger partial charge in [0, 0.05) is 18.5 Å². The summed E-state index contributed by atoms with van der Waals surface area (Å²) < 4.78 is 23.1. The van der Waals surface area contributed by atoms with Gasteiger partial charge in [-0.1, -0.05) is 12.1 Å². The van der Waals surface area contributed by atoms with Gasteiger partial charge in [0.05, 0.1) is 22.7 Å². The number of aromatic nitrogens is 1. The van der Waals surface area contributed by atoms with Crippen molar-refractivity contribution in [2.75, 3.05) is 24.3 Å². The van der Waals surface area contributed by atoms with Gasteiger partial charge in [0.15, 0.2) is 9.84 Å². The van der Waals surface area contributed by atoms with Crippen LogP contribution in [0.5, 0.6) is 0 Å². The largest absolute Gasteiger partial charge is 0.397 e. The van der Waals surface area contributed by atoms with Crippen molar-refractivity contribution in [3.63, 3.8) is 0 Å². The van der Waals surface area contributed by atoms with E-state index in [0.29, 0.717) is 17.8 Å². The number of nitrogen functional groups attached to an aromatic ring is 1. The molecule has 1 saturated heterocycles. The smallest absolute Gasteiger partial charge is 0.270 e. The molecule has 1 aliphatic heterocycles. The Hall–Kier alpha value is -2.02. The van der Waals surface area contributed by atoms with Gasteiger partial charge in [-0.25, -0.2) is 8.42 Å². The van der Waals surface area contributed by atoms with Gasteiger partial charge in [0.25, 0.3) is 5.91 Å². The number of hydrogen-bond acceptors (Lipinski definition) is 4. The lowest BCUT2D eigenvalue weighted by Gasteiger charge is -2.22. The summed E-state index contributed by atoms with van der Waals surface area (Å²) in [5, 5.41) is 0.866. The second-order valence-electron chi connectivity index (χ2n) is 5.47. The number of carbonyl (C=O) groups excluding carboxylic acids is 1. The Morgan fingerprint density at radius 3 is 2.81 bits per heavy atom. The number of H-pyrrole nitrogens is 1. The van der Waals surface area contributed by atoms with Gasteiger partial charge in [-0.2, -0.15) is 0 Å². The fourth-order valence-corrected chi connectivity index (χ4v) is 4.51. The molecule has 0 aliphatic carbocycles. The van der Waals surface area contributed by atoms with E-state index in [1.807, 2.05) is 12.1 Å². The molecule has 3 N–H and O–H groups in total. The predicted molar refractivity (Wildman–Crippen MR) is 81.9 cm³/mol. The standard InChI is InChI=1S/C14H17N3O3S/c1-17(10-5-6-21(19,20)8-10)14(18)12-7-9-3-2-4-11(15)13(9)16-12/h2-4,7,10,16H,5-6,8,15H2,1H3. The first kappa shape index (κ1) is 13.9. The third kappa shape index (κ3) is 2.49. The number of benzene rings is 1. The summed E-state index contributed by atoms with van der Waals surface area (Å²) in [5.41, 5.74) is 7.60. The van der Waals surface area contributed by atoms with E-state index >= 15 is 0 Å². The van der Waals surface area contributed by atoms with Crippen molar-refractivity contribution >= 4 is 32.3 Å². The number of para-hydroxylation sites is 1. The van der Waals surface area contributed by atoms with E-state index in [0.717, 1.165) is 10.9 Å². The Bertz CT molecular complexity index is 810. The fourth-order valence-electron chi connectivity index (χ4n) is 2.73. The lowest BCUT2D eigenvalue weighted by atomic mass is 10.2. The van der Waals surface area contributed by atoms with Gasteiger partial charge in [0.2, 0.25) is 0 Å². The number of nitrogens with one attached hydrogen (secondary N) is 1. The Morgan fingerprint density at radius 1 is 1.43 bits per heavy atom. The summed E-state index contributed by atoms with van der Waals surface area (Å²) in [7, 11) is -1.37. The number of fused-ring (bicyclic) bond motifs is 1. The number of amides is 1. The lowest BCUT2D eigenvalue weighted by Crippen LogP contribution is -2.37. The monoisotopic (exact) mass is 307 g/mol. The molecule has 7 heteroatoms. The van der Waals surface area contributed by atoms with Crippen LogP contribution in [-0.4, -0.2) is 48.8 Å². The van der Waals surface area contributed by atoms with Gasteiger partial charge < -0.3 is 15.6 Å². The molecule has 1 aromatic heterocycles. The Balaban J connectivity index is 1.88. The van der Waals surface area contributed by atoms with Crippen LogP contribution in [0.15, 0.2) is 24.3 Å². The molecule has 21 heavy (non-hydrogen) atoms. The number of anilines is 1. The third-order valence-corrected chi connectivity index (χ3v) is 5.75. The molecule has 0 saturated carbocycles. The van der Waals surface area contributed by atoms with E-state index < -0.39 is 9.84 Å². The van der Waals surface area contributed by atoms with Crippen molar-refractivity contribution in [3.05, 3.63) is 30.0 Å². The highest BCUT2D eigenvalue weighted by Crippen LogP contribution is 2.23. The van der Waals surface area contributed by atoms with Gasteiger partial charge in [0.1, 0.15) is 5.69 Å². The number of nitrogens with two attached hydrogens (primary N) is 1. The fraction of sp³-hybridized carbons (Fsp3) is 0.357.